The molecule has 0 bridgehead atoms. The third-order valence-corrected chi connectivity index (χ3v) is 7.65. The van der Waals surface area contributed by atoms with E-state index in [4.69, 9.17) is 9.84 Å². The second-order valence-electron chi connectivity index (χ2n) is 9.90. The minimum Gasteiger partial charge on any atom is -0.492 e. The van der Waals surface area contributed by atoms with Crippen LogP contribution in [0.4, 0.5) is 9.18 Å². The molecule has 2 aromatic carbocycles. The van der Waals surface area contributed by atoms with Crippen molar-refractivity contribution in [2.75, 3.05) is 19.7 Å². The number of hydrazone groups is 1. The van der Waals surface area contributed by atoms with E-state index in [2.05, 4.69) is 0 Å². The molecular weight excluding hydrogens is 447 g/mol. The second kappa shape index (κ2) is 8.66. The first-order valence-corrected chi connectivity index (χ1v) is 12.4. The number of carbonyl (C=O) groups is 2. The molecule has 7 nitrogen and oxygen atoms in total. The molecule has 1 saturated carbocycles. The van der Waals surface area contributed by atoms with Gasteiger partial charge in [0.25, 0.3) is 0 Å². The topological polar surface area (TPSA) is 65.5 Å². The van der Waals surface area contributed by atoms with Crippen molar-refractivity contribution in [1.29, 1.82) is 0 Å². The van der Waals surface area contributed by atoms with Gasteiger partial charge in [-0.3, -0.25) is 4.79 Å². The molecule has 4 aliphatic rings. The lowest BCUT2D eigenvalue weighted by Gasteiger charge is -2.40. The minimum atomic E-state index is -0.353. The Morgan fingerprint density at radius 1 is 1.03 bits per heavy atom. The highest BCUT2D eigenvalue weighted by Gasteiger charge is 2.49. The average molecular weight is 477 g/mol. The number of benzene rings is 2. The molecule has 2 aromatic rings. The number of ether oxygens (including phenoxy) is 1. The zero-order valence-corrected chi connectivity index (χ0v) is 19.8. The van der Waals surface area contributed by atoms with Gasteiger partial charge in [-0.2, -0.15) is 5.10 Å². The standard InChI is InChI=1S/C27H29FN4O3/c1-17(33)30-13-11-21(12-14-30)31(20-8-9-20)27(34)32-26(18-5-3-2-4-6-18)23-16-35-24-10-7-19(28)15-22(24)25(23)29-32/h2-7,10,15,20-21,23,26H,8-9,11-14,16H2,1H3/t23-,26-/m0/s1. The first-order chi connectivity index (χ1) is 17.0. The Morgan fingerprint density at radius 2 is 1.74 bits per heavy atom. The molecule has 0 radical (unpaired) electrons. The molecule has 0 spiro atoms. The van der Waals surface area contributed by atoms with Crippen LogP contribution in [0, 0.1) is 11.7 Å². The quantitative estimate of drug-likeness (QED) is 0.667. The number of carbonyl (C=O) groups excluding carboxylic acids is 2. The molecule has 1 aliphatic carbocycles. The average Bonchev–Trinajstić information content (AvgIpc) is 3.62. The van der Waals surface area contributed by atoms with E-state index in [1.165, 1.54) is 12.1 Å². The Labute approximate surface area is 204 Å². The number of halogens is 1. The van der Waals surface area contributed by atoms with Gasteiger partial charge in [-0.25, -0.2) is 14.2 Å². The normalized spacial score (nSPS) is 23.8. The zero-order valence-electron chi connectivity index (χ0n) is 19.8. The Bertz CT molecular complexity index is 1170. The molecule has 8 heteroatoms. The van der Waals surface area contributed by atoms with Crippen LogP contribution in [0.2, 0.25) is 0 Å². The third kappa shape index (κ3) is 3.94. The van der Waals surface area contributed by atoms with Gasteiger partial charge in [0.05, 0.1) is 24.3 Å². The lowest BCUT2D eigenvalue weighted by molar-refractivity contribution is -0.130. The van der Waals surface area contributed by atoms with Crippen LogP contribution in [0.1, 0.15) is 49.8 Å². The van der Waals surface area contributed by atoms with Crippen LogP contribution in [-0.4, -0.2) is 64.2 Å². The van der Waals surface area contributed by atoms with E-state index in [-0.39, 0.29) is 41.8 Å². The van der Waals surface area contributed by atoms with E-state index in [0.29, 0.717) is 36.7 Å². The molecule has 3 amide bonds. The van der Waals surface area contributed by atoms with Crippen LogP contribution in [-0.2, 0) is 4.79 Å². The van der Waals surface area contributed by atoms with Gasteiger partial charge in [-0.15, -0.1) is 0 Å². The number of amides is 3. The zero-order chi connectivity index (χ0) is 24.1. The van der Waals surface area contributed by atoms with Crippen molar-refractivity contribution in [2.24, 2.45) is 11.0 Å². The van der Waals surface area contributed by atoms with Gasteiger partial charge in [0.1, 0.15) is 11.6 Å². The van der Waals surface area contributed by atoms with Crippen LogP contribution in [0.3, 0.4) is 0 Å². The first-order valence-electron chi connectivity index (χ1n) is 12.4. The molecule has 3 aliphatic heterocycles. The summed E-state index contributed by atoms with van der Waals surface area (Å²) in [4.78, 5) is 29.9. The highest BCUT2D eigenvalue weighted by Crippen LogP contribution is 2.44. The summed E-state index contributed by atoms with van der Waals surface area (Å²) in [7, 11) is 0. The number of likely N-dealkylation sites (tertiary alicyclic amines) is 1. The Kier molecular flexibility index (Phi) is 5.46. The van der Waals surface area contributed by atoms with Gasteiger partial charge in [-0.1, -0.05) is 30.3 Å². The van der Waals surface area contributed by atoms with Gasteiger partial charge in [0, 0.05) is 37.7 Å². The maximum absolute atomic E-state index is 14.2. The molecule has 1 saturated heterocycles. The van der Waals surface area contributed by atoms with Crippen LogP contribution in [0.25, 0.3) is 0 Å². The summed E-state index contributed by atoms with van der Waals surface area (Å²) in [6.45, 7) is 3.30. The Balaban J connectivity index is 1.36. The Hall–Kier alpha value is -3.42. The molecule has 182 valence electrons. The van der Waals surface area contributed by atoms with E-state index in [9.17, 15) is 14.0 Å². The SMILES string of the molecule is CC(=O)N1CCC(N(C(=O)N2N=C3c4cc(F)ccc4OC[C@@H]3[C@@H]2c2ccccc2)C2CC2)CC1. The van der Waals surface area contributed by atoms with E-state index in [1.54, 1.807) is 18.0 Å². The molecule has 35 heavy (non-hydrogen) atoms. The van der Waals surface area contributed by atoms with Crippen molar-refractivity contribution < 1.29 is 18.7 Å². The van der Waals surface area contributed by atoms with E-state index in [1.807, 2.05) is 40.1 Å². The molecule has 6 rings (SSSR count). The highest BCUT2D eigenvalue weighted by molar-refractivity contribution is 6.07. The summed E-state index contributed by atoms with van der Waals surface area (Å²) < 4.78 is 20.2. The summed E-state index contributed by atoms with van der Waals surface area (Å²) in [5.41, 5.74) is 2.30. The highest BCUT2D eigenvalue weighted by atomic mass is 19.1. The summed E-state index contributed by atoms with van der Waals surface area (Å²) >= 11 is 0. The number of hydrogen-bond acceptors (Lipinski definition) is 4. The maximum Gasteiger partial charge on any atom is 0.341 e. The fourth-order valence-electron chi connectivity index (χ4n) is 5.73. The number of piperidine rings is 1. The van der Waals surface area contributed by atoms with Crippen molar-refractivity contribution >= 4 is 17.6 Å². The molecular formula is C27H29FN4O3. The predicted molar refractivity (Wildman–Crippen MR) is 128 cm³/mol. The fraction of sp³-hybridized carbons (Fsp3) is 0.444. The molecule has 3 heterocycles. The smallest absolute Gasteiger partial charge is 0.341 e. The van der Waals surface area contributed by atoms with Gasteiger partial charge in [0.2, 0.25) is 5.91 Å². The number of hydrogen-bond donors (Lipinski definition) is 0. The molecule has 0 unspecified atom stereocenters. The fourth-order valence-corrected chi connectivity index (χ4v) is 5.73. The number of urea groups is 1. The van der Waals surface area contributed by atoms with Crippen LogP contribution in [0.5, 0.6) is 5.75 Å². The number of fused-ring (bicyclic) bond motifs is 3. The lowest BCUT2D eigenvalue weighted by atomic mass is 9.86. The molecule has 0 N–H and O–H groups in total. The van der Waals surface area contributed by atoms with Crippen molar-refractivity contribution in [1.82, 2.24) is 14.8 Å². The Morgan fingerprint density at radius 3 is 2.43 bits per heavy atom. The van der Waals surface area contributed by atoms with Crippen molar-refractivity contribution in [3.05, 3.63) is 65.5 Å². The van der Waals surface area contributed by atoms with Crippen LogP contribution < -0.4 is 4.74 Å². The lowest BCUT2D eigenvalue weighted by Crippen LogP contribution is -2.52. The van der Waals surface area contributed by atoms with E-state index < -0.39 is 0 Å². The van der Waals surface area contributed by atoms with E-state index in [0.717, 1.165) is 31.2 Å². The molecule has 0 aromatic heterocycles. The van der Waals surface area contributed by atoms with E-state index >= 15 is 0 Å². The van der Waals surface area contributed by atoms with Gasteiger partial charge >= 0.3 is 6.03 Å². The summed E-state index contributed by atoms with van der Waals surface area (Å²) in [5.74, 6) is 0.140. The summed E-state index contributed by atoms with van der Waals surface area (Å²) in [6.07, 6.45) is 3.50. The molecule has 2 atom stereocenters. The van der Waals surface area contributed by atoms with Crippen molar-refractivity contribution in [3.8, 4) is 5.75 Å². The van der Waals surface area contributed by atoms with Crippen molar-refractivity contribution in [3.63, 3.8) is 0 Å². The molecule has 2 fully saturated rings. The number of nitrogens with zero attached hydrogens (tertiary/aromatic N) is 4. The summed E-state index contributed by atoms with van der Waals surface area (Å²) in [6, 6.07) is 14.2. The first kappa shape index (κ1) is 22.1. The van der Waals surface area contributed by atoms with Crippen LogP contribution in [0.15, 0.2) is 53.6 Å². The monoisotopic (exact) mass is 476 g/mol. The minimum absolute atomic E-state index is 0.0748. The largest absolute Gasteiger partial charge is 0.492 e. The third-order valence-electron chi connectivity index (χ3n) is 7.65. The second-order valence-corrected chi connectivity index (χ2v) is 9.90. The van der Waals surface area contributed by atoms with Crippen molar-refractivity contribution in [2.45, 2.75) is 50.7 Å². The van der Waals surface area contributed by atoms with Gasteiger partial charge in [-0.05, 0) is 49.4 Å². The maximum atomic E-state index is 14.2. The van der Waals surface area contributed by atoms with Gasteiger partial charge in [0.15, 0.2) is 0 Å². The predicted octanol–water partition coefficient (Wildman–Crippen LogP) is 4.19. The summed E-state index contributed by atoms with van der Waals surface area (Å²) in [5, 5.41) is 6.49. The van der Waals surface area contributed by atoms with Gasteiger partial charge < -0.3 is 14.5 Å². The number of rotatable bonds is 3. The van der Waals surface area contributed by atoms with Crippen LogP contribution >= 0.6 is 0 Å².